The van der Waals surface area contributed by atoms with Gasteiger partial charge in [-0.15, -0.1) is 0 Å². The monoisotopic (exact) mass is 711 g/mol. The Hall–Kier alpha value is -6.39. The van der Waals surface area contributed by atoms with Gasteiger partial charge < -0.3 is 4.74 Å². The van der Waals surface area contributed by atoms with Crippen LogP contribution in [-0.4, -0.2) is 20.6 Å². The van der Waals surface area contributed by atoms with Crippen LogP contribution >= 0.6 is 0 Å². The Kier molecular flexibility index (Phi) is 7.78. The molecule has 7 aromatic rings. The van der Waals surface area contributed by atoms with Crippen molar-refractivity contribution in [1.82, 2.24) is 15.0 Å². The zero-order chi connectivity index (χ0) is 37.0. The van der Waals surface area contributed by atoms with E-state index >= 15 is 0 Å². The lowest BCUT2D eigenvalue weighted by molar-refractivity contribution is 0.229. The maximum Gasteiger partial charge on any atom is 0.164 e. The van der Waals surface area contributed by atoms with Gasteiger partial charge in [0.05, 0.1) is 5.41 Å². The quantitative estimate of drug-likeness (QED) is 0.147. The molecule has 0 bridgehead atoms. The van der Waals surface area contributed by atoms with Gasteiger partial charge in [-0.25, -0.2) is 15.0 Å². The number of nitrogens with zero attached hydrogens (tertiary/aromatic N) is 3. The number of allylic oxidation sites excluding steroid dienone is 3. The Morgan fingerprint density at radius 1 is 0.600 bits per heavy atom. The van der Waals surface area contributed by atoms with Crippen LogP contribution in [0.2, 0.25) is 0 Å². The Balaban J connectivity index is 1.08. The Labute approximate surface area is 323 Å². The van der Waals surface area contributed by atoms with Crippen molar-refractivity contribution in [3.05, 3.63) is 221 Å². The molecular formula is C51H41N3O. The first-order valence-corrected chi connectivity index (χ1v) is 19.2. The van der Waals surface area contributed by atoms with Crippen LogP contribution in [0.4, 0.5) is 0 Å². The molecule has 10 rings (SSSR count). The van der Waals surface area contributed by atoms with Gasteiger partial charge in [-0.1, -0.05) is 163 Å². The van der Waals surface area contributed by atoms with Crippen molar-refractivity contribution in [3.63, 3.8) is 0 Å². The van der Waals surface area contributed by atoms with E-state index in [2.05, 4.69) is 153 Å². The molecule has 0 spiro atoms. The predicted octanol–water partition coefficient (Wildman–Crippen LogP) is 11.3. The van der Waals surface area contributed by atoms with E-state index < -0.39 is 11.0 Å². The average Bonchev–Trinajstić information content (AvgIpc) is 3.79. The fraction of sp³-hybridized carbons (Fsp3) is 0.157. The summed E-state index contributed by atoms with van der Waals surface area (Å²) >= 11 is 0. The van der Waals surface area contributed by atoms with Gasteiger partial charge in [0.25, 0.3) is 0 Å². The van der Waals surface area contributed by atoms with Crippen molar-refractivity contribution in [2.75, 3.05) is 0 Å². The van der Waals surface area contributed by atoms with Gasteiger partial charge in [0.1, 0.15) is 17.2 Å². The fourth-order valence-corrected chi connectivity index (χ4v) is 9.56. The number of rotatable bonds is 8. The maximum atomic E-state index is 6.96. The Morgan fingerprint density at radius 3 is 1.91 bits per heavy atom. The number of aromatic nitrogens is 3. The van der Waals surface area contributed by atoms with Crippen molar-refractivity contribution in [3.8, 4) is 28.5 Å². The fourth-order valence-electron chi connectivity index (χ4n) is 9.56. The average molecular weight is 712 g/mol. The van der Waals surface area contributed by atoms with E-state index in [1.165, 1.54) is 44.5 Å². The van der Waals surface area contributed by atoms with E-state index in [1.54, 1.807) is 0 Å². The second-order valence-corrected chi connectivity index (χ2v) is 15.4. The molecule has 2 atom stereocenters. The SMILES string of the molecule is CC1=C(c2cccc(C(Cc3ccccc3)(c3ccccc3)c3ccccc3)c2)C=CC23CC2(C1)c1c(cccc1-c1nc(C)nc(-c2ccccc2)n1)O3. The minimum atomic E-state index is -0.406. The topological polar surface area (TPSA) is 47.9 Å². The second kappa shape index (κ2) is 12.9. The van der Waals surface area contributed by atoms with Crippen LogP contribution in [0.5, 0.6) is 5.75 Å². The van der Waals surface area contributed by atoms with Crippen LogP contribution < -0.4 is 4.74 Å². The van der Waals surface area contributed by atoms with Crippen LogP contribution in [-0.2, 0) is 17.3 Å². The summed E-state index contributed by atoms with van der Waals surface area (Å²) in [5, 5.41) is 0. The first-order chi connectivity index (χ1) is 27.0. The molecule has 4 heteroatoms. The van der Waals surface area contributed by atoms with E-state index in [0.29, 0.717) is 17.5 Å². The highest BCUT2D eigenvalue weighted by Crippen LogP contribution is 2.72. The molecule has 3 aliphatic rings. The molecule has 6 aromatic carbocycles. The van der Waals surface area contributed by atoms with Gasteiger partial charge in [-0.2, -0.15) is 0 Å². The summed E-state index contributed by atoms with van der Waals surface area (Å²) in [5.41, 5.74) is 11.2. The predicted molar refractivity (Wildman–Crippen MR) is 221 cm³/mol. The lowest BCUT2D eigenvalue weighted by Crippen LogP contribution is -2.32. The number of hydrogen-bond donors (Lipinski definition) is 0. The Bertz CT molecular complexity index is 2580. The standard InChI is InChI=1S/C51H41N3O/c1-35-32-49-34-50(49,55-45-28-16-27-44(46(45)49)48-53-36(2)52-47(54-48)38-19-9-4-10-20-38)30-29-43(35)39-21-15-26-42(31-39)51(40-22-11-5-12-23-40,41-24-13-6-14-25-41)33-37-17-7-3-8-18-37/h3-31H,32-34H2,1-2H3. The molecule has 55 heavy (non-hydrogen) atoms. The van der Waals surface area contributed by atoms with Crippen molar-refractivity contribution in [2.45, 2.75) is 49.5 Å². The lowest BCUT2D eigenvalue weighted by atomic mass is 9.65. The number of fused-ring (bicyclic) bond motifs is 1. The Morgan fingerprint density at radius 2 is 1.20 bits per heavy atom. The first-order valence-electron chi connectivity index (χ1n) is 19.2. The summed E-state index contributed by atoms with van der Waals surface area (Å²) in [6.07, 6.45) is 7.32. The molecule has 1 aromatic heterocycles. The molecule has 1 aliphatic heterocycles. The minimum absolute atomic E-state index is 0.197. The smallest absolute Gasteiger partial charge is 0.164 e. The van der Waals surface area contributed by atoms with E-state index in [0.717, 1.165) is 36.1 Å². The van der Waals surface area contributed by atoms with Gasteiger partial charge in [0.2, 0.25) is 0 Å². The molecule has 1 saturated carbocycles. The van der Waals surface area contributed by atoms with Gasteiger partial charge in [0.15, 0.2) is 11.6 Å². The van der Waals surface area contributed by atoms with Crippen molar-refractivity contribution < 1.29 is 4.74 Å². The summed E-state index contributed by atoms with van der Waals surface area (Å²) in [4.78, 5) is 14.7. The highest BCUT2D eigenvalue weighted by atomic mass is 16.5. The summed E-state index contributed by atoms with van der Waals surface area (Å²) < 4.78 is 6.96. The number of benzene rings is 6. The largest absolute Gasteiger partial charge is 0.482 e. The molecule has 266 valence electrons. The van der Waals surface area contributed by atoms with E-state index in [-0.39, 0.29) is 5.41 Å². The number of ether oxygens (including phenoxy) is 1. The third kappa shape index (κ3) is 5.39. The highest BCUT2D eigenvalue weighted by Gasteiger charge is 2.75. The van der Waals surface area contributed by atoms with Crippen LogP contribution in [0, 0.1) is 6.92 Å². The van der Waals surface area contributed by atoms with E-state index in [9.17, 15) is 0 Å². The molecule has 4 nitrogen and oxygen atoms in total. The van der Waals surface area contributed by atoms with E-state index in [4.69, 9.17) is 19.7 Å². The van der Waals surface area contributed by atoms with E-state index in [1.807, 2.05) is 37.3 Å². The van der Waals surface area contributed by atoms with Gasteiger partial charge >= 0.3 is 0 Å². The minimum Gasteiger partial charge on any atom is -0.482 e. The van der Waals surface area contributed by atoms with Gasteiger partial charge in [-0.05, 0) is 78.3 Å². The van der Waals surface area contributed by atoms with Crippen molar-refractivity contribution in [1.29, 1.82) is 0 Å². The first kappa shape index (κ1) is 33.2. The zero-order valence-electron chi connectivity index (χ0n) is 31.1. The second-order valence-electron chi connectivity index (χ2n) is 15.4. The number of aryl methyl sites for hydroxylation is 1. The molecule has 0 saturated heterocycles. The summed E-state index contributed by atoms with van der Waals surface area (Å²) in [7, 11) is 0. The van der Waals surface area contributed by atoms with Crippen LogP contribution in [0.1, 0.15) is 59.0 Å². The third-order valence-corrected chi connectivity index (χ3v) is 12.1. The summed E-state index contributed by atoms with van der Waals surface area (Å²) in [6, 6.07) is 58.7. The van der Waals surface area contributed by atoms with Gasteiger partial charge in [-0.3, -0.25) is 0 Å². The van der Waals surface area contributed by atoms with Gasteiger partial charge in [0, 0.05) is 28.5 Å². The van der Waals surface area contributed by atoms with Crippen molar-refractivity contribution >= 4 is 5.57 Å². The summed E-state index contributed by atoms with van der Waals surface area (Å²) in [5.74, 6) is 3.02. The number of hydrogen-bond acceptors (Lipinski definition) is 4. The molecule has 1 fully saturated rings. The van der Waals surface area contributed by atoms with Crippen LogP contribution in [0.25, 0.3) is 28.3 Å². The lowest BCUT2D eigenvalue weighted by Gasteiger charge is -2.37. The maximum absolute atomic E-state index is 6.96. The van der Waals surface area contributed by atoms with Crippen LogP contribution in [0.15, 0.2) is 182 Å². The zero-order valence-corrected chi connectivity index (χ0v) is 31.1. The molecule has 0 radical (unpaired) electrons. The molecule has 2 aliphatic carbocycles. The molecule has 0 amide bonds. The normalized spacial score (nSPS) is 19.5. The van der Waals surface area contributed by atoms with Crippen molar-refractivity contribution in [2.24, 2.45) is 0 Å². The molecule has 0 N–H and O–H groups in total. The third-order valence-electron chi connectivity index (χ3n) is 12.1. The highest BCUT2D eigenvalue weighted by molar-refractivity contribution is 5.82. The molecule has 2 unspecified atom stereocenters. The summed E-state index contributed by atoms with van der Waals surface area (Å²) in [6.45, 7) is 4.26. The molecular weight excluding hydrogens is 671 g/mol. The van der Waals surface area contributed by atoms with Crippen LogP contribution in [0.3, 0.4) is 0 Å². The molecule has 2 heterocycles.